The lowest BCUT2D eigenvalue weighted by atomic mass is 10.2. The van der Waals surface area contributed by atoms with Crippen LogP contribution < -0.4 is 5.32 Å². The van der Waals surface area contributed by atoms with Crippen molar-refractivity contribution in [3.8, 4) is 0 Å². The van der Waals surface area contributed by atoms with Crippen LogP contribution in [0.25, 0.3) is 0 Å². The average molecular weight is 329 g/mol. The fraction of sp³-hybridized carbons (Fsp3) is 0.353. The summed E-state index contributed by atoms with van der Waals surface area (Å²) in [7, 11) is 0. The Morgan fingerprint density at radius 2 is 1.83 bits per heavy atom. The Morgan fingerprint density at radius 3 is 2.46 bits per heavy atom. The van der Waals surface area contributed by atoms with Crippen LogP contribution in [0.15, 0.2) is 42.7 Å². The van der Waals surface area contributed by atoms with Gasteiger partial charge in [0.25, 0.3) is 0 Å². The molecule has 0 spiro atoms. The maximum Gasteiger partial charge on any atom is 0.414 e. The van der Waals surface area contributed by atoms with Crippen LogP contribution in [0.5, 0.6) is 0 Å². The predicted octanol–water partition coefficient (Wildman–Crippen LogP) is 1.22. The highest BCUT2D eigenvalue weighted by Gasteiger charge is 2.31. The topological polar surface area (TPSA) is 79.0 Å². The van der Waals surface area contributed by atoms with E-state index in [-0.39, 0.29) is 18.4 Å². The van der Waals surface area contributed by atoms with E-state index in [1.165, 1.54) is 16.0 Å². The lowest BCUT2D eigenvalue weighted by Crippen LogP contribution is -2.47. The van der Waals surface area contributed by atoms with Crippen LogP contribution in [-0.4, -0.2) is 46.8 Å². The van der Waals surface area contributed by atoms with Crippen LogP contribution in [0.3, 0.4) is 0 Å². The second-order valence-electron chi connectivity index (χ2n) is 5.72. The first kappa shape index (κ1) is 16.0. The lowest BCUT2D eigenvalue weighted by Gasteiger charge is -2.29. The Hall–Kier alpha value is -2.83. The zero-order chi connectivity index (χ0) is 16.9. The number of carbonyl (C=O) groups is 3. The molecular weight excluding hydrogens is 310 g/mol. The summed E-state index contributed by atoms with van der Waals surface area (Å²) in [4.78, 5) is 38.5. The number of rotatable bonds is 3. The van der Waals surface area contributed by atoms with Crippen LogP contribution >= 0.6 is 0 Å². The summed E-state index contributed by atoms with van der Waals surface area (Å²) in [6.07, 6.45) is 3.54. The quantitative estimate of drug-likeness (QED) is 0.904. The van der Waals surface area contributed by atoms with E-state index in [1.54, 1.807) is 6.20 Å². The number of hydrogen-bond donors (Lipinski definition) is 1. The third kappa shape index (κ3) is 3.73. The van der Waals surface area contributed by atoms with Gasteiger partial charge in [0.15, 0.2) is 0 Å². The van der Waals surface area contributed by atoms with Crippen molar-refractivity contribution in [2.75, 3.05) is 13.1 Å². The van der Waals surface area contributed by atoms with E-state index < -0.39 is 12.1 Å². The Morgan fingerprint density at radius 1 is 1.12 bits per heavy atom. The summed E-state index contributed by atoms with van der Waals surface area (Å²) in [5, 5.41) is 2.65. The molecule has 3 amide bonds. The SMILES string of the molecule is O=C1CC[C@H](C(=O)N2C=CN(C(=O)OCc3ccccc3)CC2)N1. The maximum absolute atomic E-state index is 12.3. The summed E-state index contributed by atoms with van der Waals surface area (Å²) in [5.74, 6) is -0.241. The minimum absolute atomic E-state index is 0.0968. The fourth-order valence-corrected chi connectivity index (χ4v) is 2.66. The first-order valence-corrected chi connectivity index (χ1v) is 7.89. The lowest BCUT2D eigenvalue weighted by molar-refractivity contribution is -0.132. The summed E-state index contributed by atoms with van der Waals surface area (Å²) < 4.78 is 5.25. The average Bonchev–Trinajstić information content (AvgIpc) is 3.06. The van der Waals surface area contributed by atoms with E-state index in [9.17, 15) is 14.4 Å². The first-order chi connectivity index (χ1) is 11.6. The van der Waals surface area contributed by atoms with Crippen molar-refractivity contribution >= 4 is 17.9 Å². The van der Waals surface area contributed by atoms with Crippen molar-refractivity contribution in [2.24, 2.45) is 0 Å². The summed E-state index contributed by atoms with van der Waals surface area (Å²) >= 11 is 0. The molecule has 0 aliphatic carbocycles. The molecule has 3 rings (SSSR count). The van der Waals surface area contributed by atoms with Gasteiger partial charge in [-0.25, -0.2) is 4.79 Å². The van der Waals surface area contributed by atoms with Crippen LogP contribution in [-0.2, 0) is 20.9 Å². The second-order valence-corrected chi connectivity index (χ2v) is 5.72. The van der Waals surface area contributed by atoms with E-state index in [2.05, 4.69) is 5.32 Å². The van der Waals surface area contributed by atoms with E-state index in [0.29, 0.717) is 25.9 Å². The number of nitrogens with one attached hydrogen (secondary N) is 1. The molecule has 1 N–H and O–H groups in total. The van der Waals surface area contributed by atoms with E-state index in [4.69, 9.17) is 4.74 Å². The minimum atomic E-state index is -0.460. The van der Waals surface area contributed by atoms with Gasteiger partial charge < -0.3 is 15.0 Å². The molecule has 7 heteroatoms. The molecule has 1 atom stereocenters. The molecule has 7 nitrogen and oxygen atoms in total. The van der Waals surface area contributed by atoms with Gasteiger partial charge in [-0.15, -0.1) is 0 Å². The standard InChI is InChI=1S/C17H19N3O4/c21-15-7-6-14(18-15)16(22)19-8-10-20(11-9-19)17(23)24-12-13-4-2-1-3-5-13/h1-5,8,10,14H,6-7,9,11-12H2,(H,18,21)/t14-/m1/s1. The van der Waals surface area contributed by atoms with Crippen LogP contribution in [0.1, 0.15) is 18.4 Å². The number of hydrogen-bond acceptors (Lipinski definition) is 4. The number of carbonyl (C=O) groups excluding carboxylic acids is 3. The normalized spacial score (nSPS) is 20.0. The summed E-state index contributed by atoms with van der Waals surface area (Å²) in [6, 6.07) is 8.98. The number of nitrogens with zero attached hydrogens (tertiary/aromatic N) is 2. The molecule has 0 aromatic heterocycles. The molecule has 1 aromatic carbocycles. The third-order valence-electron chi connectivity index (χ3n) is 4.02. The van der Waals surface area contributed by atoms with Crippen molar-refractivity contribution in [1.82, 2.24) is 15.1 Å². The Labute approximate surface area is 139 Å². The van der Waals surface area contributed by atoms with Gasteiger partial charge in [0.1, 0.15) is 12.6 Å². The Bertz CT molecular complexity index is 659. The largest absolute Gasteiger partial charge is 0.444 e. The van der Waals surface area contributed by atoms with Crippen molar-refractivity contribution in [3.63, 3.8) is 0 Å². The molecule has 1 aromatic rings. The first-order valence-electron chi connectivity index (χ1n) is 7.89. The molecule has 126 valence electrons. The minimum Gasteiger partial charge on any atom is -0.444 e. The molecule has 2 aliphatic heterocycles. The molecule has 0 bridgehead atoms. The predicted molar refractivity (Wildman–Crippen MR) is 85.4 cm³/mol. The van der Waals surface area contributed by atoms with Crippen LogP contribution in [0, 0.1) is 0 Å². The third-order valence-corrected chi connectivity index (χ3v) is 4.02. The van der Waals surface area contributed by atoms with Gasteiger partial charge in [-0.2, -0.15) is 0 Å². The van der Waals surface area contributed by atoms with E-state index >= 15 is 0 Å². The molecule has 1 fully saturated rings. The van der Waals surface area contributed by atoms with Crippen molar-refractivity contribution < 1.29 is 19.1 Å². The molecule has 0 radical (unpaired) electrons. The van der Waals surface area contributed by atoms with Gasteiger partial charge in [-0.3, -0.25) is 14.5 Å². The van der Waals surface area contributed by atoms with Crippen molar-refractivity contribution in [1.29, 1.82) is 0 Å². The molecule has 24 heavy (non-hydrogen) atoms. The van der Waals surface area contributed by atoms with Crippen LogP contribution in [0.4, 0.5) is 4.79 Å². The Balaban J connectivity index is 1.50. The van der Waals surface area contributed by atoms with Gasteiger partial charge >= 0.3 is 6.09 Å². The van der Waals surface area contributed by atoms with Crippen molar-refractivity contribution in [3.05, 3.63) is 48.3 Å². The highest BCUT2D eigenvalue weighted by Crippen LogP contribution is 2.13. The molecule has 0 saturated carbocycles. The van der Waals surface area contributed by atoms with E-state index in [1.807, 2.05) is 30.3 Å². The van der Waals surface area contributed by atoms with Gasteiger partial charge in [0.2, 0.25) is 11.8 Å². The number of benzene rings is 1. The maximum atomic E-state index is 12.3. The summed E-state index contributed by atoms with van der Waals surface area (Å²) in [5.41, 5.74) is 0.917. The van der Waals surface area contributed by atoms with E-state index in [0.717, 1.165) is 5.56 Å². The zero-order valence-corrected chi connectivity index (χ0v) is 13.2. The number of amides is 3. The second kappa shape index (κ2) is 7.16. The highest BCUT2D eigenvalue weighted by atomic mass is 16.6. The molecule has 1 saturated heterocycles. The van der Waals surface area contributed by atoms with Gasteiger partial charge in [-0.1, -0.05) is 30.3 Å². The van der Waals surface area contributed by atoms with Crippen LogP contribution in [0.2, 0.25) is 0 Å². The van der Waals surface area contributed by atoms with Gasteiger partial charge in [-0.05, 0) is 12.0 Å². The fourth-order valence-electron chi connectivity index (χ4n) is 2.66. The molecular formula is C17H19N3O4. The smallest absolute Gasteiger partial charge is 0.414 e. The van der Waals surface area contributed by atoms with Crippen molar-refractivity contribution in [2.45, 2.75) is 25.5 Å². The van der Waals surface area contributed by atoms with Gasteiger partial charge in [0.05, 0.1) is 0 Å². The number of ether oxygens (including phenoxy) is 1. The highest BCUT2D eigenvalue weighted by molar-refractivity contribution is 5.91. The monoisotopic (exact) mass is 329 g/mol. The molecule has 2 aliphatic rings. The summed E-state index contributed by atoms with van der Waals surface area (Å²) in [6.45, 7) is 0.944. The molecule has 0 unspecified atom stereocenters. The van der Waals surface area contributed by atoms with Gasteiger partial charge in [0, 0.05) is 31.9 Å². The molecule has 2 heterocycles. The zero-order valence-electron chi connectivity index (χ0n) is 13.2. The Kier molecular flexibility index (Phi) is 4.79.